The Labute approximate surface area is 98.3 Å². The minimum atomic E-state index is -4.05. The average Bonchev–Trinajstić information content (AvgIpc) is 2.98. The van der Waals surface area contributed by atoms with E-state index in [-0.39, 0.29) is 18.3 Å². The number of rotatable bonds is 4. The Kier molecular flexibility index (Phi) is 3.43. The molecule has 0 bridgehead atoms. The topological polar surface area (TPSA) is 32.7 Å². The molecule has 0 aromatic carbocycles. The molecular formula is C11H17F3N2O. The van der Waals surface area contributed by atoms with E-state index >= 15 is 0 Å². The molecule has 3 nitrogen and oxygen atoms in total. The number of hydrogen-bond acceptors (Lipinski definition) is 3. The van der Waals surface area contributed by atoms with Crippen LogP contribution >= 0.6 is 0 Å². The smallest absolute Gasteiger partial charge is 0.303 e. The monoisotopic (exact) mass is 250 g/mol. The summed E-state index contributed by atoms with van der Waals surface area (Å²) in [7, 11) is 0. The molecule has 17 heavy (non-hydrogen) atoms. The maximum atomic E-state index is 12.5. The van der Waals surface area contributed by atoms with Crippen LogP contribution in [0.4, 0.5) is 13.2 Å². The Hall–Kier alpha value is -0.650. The lowest BCUT2D eigenvalue weighted by Gasteiger charge is -2.34. The second-order valence-corrected chi connectivity index (χ2v) is 5.38. The van der Waals surface area contributed by atoms with Crippen LogP contribution in [0.2, 0.25) is 0 Å². The molecule has 0 atom stereocenters. The Morgan fingerprint density at radius 2 is 1.82 bits per heavy atom. The third-order valence-electron chi connectivity index (χ3n) is 3.97. The van der Waals surface area contributed by atoms with Crippen LogP contribution in [-0.2, 0) is 0 Å². The van der Waals surface area contributed by atoms with Gasteiger partial charge in [0, 0.05) is 12.0 Å². The van der Waals surface area contributed by atoms with Gasteiger partial charge in [0.15, 0.2) is 0 Å². The second-order valence-electron chi connectivity index (χ2n) is 5.38. The summed E-state index contributed by atoms with van der Waals surface area (Å²) in [6.07, 6.45) is -1.70. The molecule has 1 aliphatic carbocycles. The van der Waals surface area contributed by atoms with Crippen LogP contribution in [0.1, 0.15) is 25.7 Å². The fraction of sp³-hybridized carbons (Fsp3) is 1.00. The summed E-state index contributed by atoms with van der Waals surface area (Å²) in [4.78, 5) is 12.3. The first-order valence-corrected chi connectivity index (χ1v) is 6.03. The van der Waals surface area contributed by atoms with E-state index in [0.717, 1.165) is 19.4 Å². The minimum Gasteiger partial charge on any atom is -0.303 e. The highest BCUT2D eigenvalue weighted by molar-refractivity contribution is 4.97. The van der Waals surface area contributed by atoms with E-state index in [1.807, 2.05) is 0 Å². The molecule has 2 aliphatic rings. The quantitative estimate of drug-likeness (QED) is 0.719. The van der Waals surface area contributed by atoms with Crippen LogP contribution in [-0.4, -0.2) is 37.3 Å². The maximum absolute atomic E-state index is 12.5. The first kappa shape index (κ1) is 12.8. The van der Waals surface area contributed by atoms with Crippen molar-refractivity contribution in [1.29, 1.82) is 0 Å². The van der Waals surface area contributed by atoms with Crippen molar-refractivity contribution < 1.29 is 13.2 Å². The molecule has 98 valence electrons. The number of likely N-dealkylation sites (tertiary alicyclic amines) is 1. The molecule has 1 saturated heterocycles. The standard InChI is InChI=1S/C11H17F3N2O/c12-11(13,14)9-1-5-16(6-2-9)8-10(3-4-10)7-15-17/h9H,1-8H2. The number of halogens is 3. The first-order valence-electron chi connectivity index (χ1n) is 6.03. The van der Waals surface area contributed by atoms with Gasteiger partial charge >= 0.3 is 6.18 Å². The Bertz CT molecular complexity index is 281. The molecule has 1 heterocycles. The van der Waals surface area contributed by atoms with E-state index in [4.69, 9.17) is 0 Å². The Morgan fingerprint density at radius 3 is 2.24 bits per heavy atom. The van der Waals surface area contributed by atoms with E-state index in [1.54, 1.807) is 0 Å². The lowest BCUT2D eigenvalue weighted by molar-refractivity contribution is -0.185. The highest BCUT2D eigenvalue weighted by Gasteiger charge is 2.46. The van der Waals surface area contributed by atoms with Crippen molar-refractivity contribution in [2.75, 3.05) is 26.2 Å². The number of nitrogens with zero attached hydrogens (tertiary/aromatic N) is 2. The summed E-state index contributed by atoms with van der Waals surface area (Å²) in [5.41, 5.74) is -0.00712. The largest absolute Gasteiger partial charge is 0.391 e. The molecule has 2 rings (SSSR count). The van der Waals surface area contributed by atoms with Crippen molar-refractivity contribution in [3.63, 3.8) is 0 Å². The summed E-state index contributed by atoms with van der Waals surface area (Å²) >= 11 is 0. The maximum Gasteiger partial charge on any atom is 0.391 e. The van der Waals surface area contributed by atoms with Crippen LogP contribution < -0.4 is 0 Å². The van der Waals surface area contributed by atoms with Gasteiger partial charge in [0.25, 0.3) is 0 Å². The molecule has 0 N–H and O–H groups in total. The van der Waals surface area contributed by atoms with Crippen molar-refractivity contribution in [3.05, 3.63) is 4.91 Å². The lowest BCUT2D eigenvalue weighted by atomic mass is 9.95. The molecule has 0 unspecified atom stereocenters. The van der Waals surface area contributed by atoms with Gasteiger partial charge in [-0.3, -0.25) is 0 Å². The zero-order valence-corrected chi connectivity index (χ0v) is 9.67. The third-order valence-corrected chi connectivity index (χ3v) is 3.97. The summed E-state index contributed by atoms with van der Waals surface area (Å²) in [5, 5.41) is 2.93. The van der Waals surface area contributed by atoms with Crippen LogP contribution in [0.15, 0.2) is 5.18 Å². The zero-order valence-electron chi connectivity index (χ0n) is 9.67. The molecule has 0 spiro atoms. The fourth-order valence-electron chi connectivity index (χ4n) is 2.57. The summed E-state index contributed by atoms with van der Waals surface area (Å²) in [5.74, 6) is -1.14. The third kappa shape index (κ3) is 3.18. The lowest BCUT2D eigenvalue weighted by Crippen LogP contribution is -2.41. The van der Waals surface area contributed by atoms with Crippen molar-refractivity contribution in [2.24, 2.45) is 16.5 Å². The highest BCUT2D eigenvalue weighted by Crippen LogP contribution is 2.47. The first-order chi connectivity index (χ1) is 7.95. The van der Waals surface area contributed by atoms with E-state index in [9.17, 15) is 18.1 Å². The van der Waals surface area contributed by atoms with Crippen LogP contribution in [0.3, 0.4) is 0 Å². The van der Waals surface area contributed by atoms with Gasteiger partial charge in [-0.2, -0.15) is 18.1 Å². The van der Waals surface area contributed by atoms with Gasteiger partial charge in [0.05, 0.1) is 12.5 Å². The molecule has 1 saturated carbocycles. The van der Waals surface area contributed by atoms with Crippen LogP contribution in [0.5, 0.6) is 0 Å². The van der Waals surface area contributed by atoms with Gasteiger partial charge in [-0.1, -0.05) is 5.18 Å². The van der Waals surface area contributed by atoms with Crippen molar-refractivity contribution in [2.45, 2.75) is 31.9 Å². The van der Waals surface area contributed by atoms with Gasteiger partial charge in [0.2, 0.25) is 0 Å². The van der Waals surface area contributed by atoms with Gasteiger partial charge in [-0.15, -0.1) is 0 Å². The number of nitroso groups, excluding NO2 is 1. The minimum absolute atomic E-state index is 0.00712. The number of alkyl halides is 3. The fourth-order valence-corrected chi connectivity index (χ4v) is 2.57. The molecule has 0 radical (unpaired) electrons. The Morgan fingerprint density at radius 1 is 1.24 bits per heavy atom. The van der Waals surface area contributed by atoms with E-state index < -0.39 is 12.1 Å². The van der Waals surface area contributed by atoms with Crippen molar-refractivity contribution >= 4 is 0 Å². The van der Waals surface area contributed by atoms with Gasteiger partial charge in [-0.05, 0) is 38.8 Å². The normalized spacial score (nSPS) is 25.8. The molecule has 2 fully saturated rings. The van der Waals surface area contributed by atoms with E-state index in [2.05, 4.69) is 10.1 Å². The molecule has 6 heteroatoms. The number of piperidine rings is 1. The predicted octanol–water partition coefficient (Wildman–Crippen LogP) is 2.81. The average molecular weight is 250 g/mol. The van der Waals surface area contributed by atoms with Crippen molar-refractivity contribution in [1.82, 2.24) is 4.90 Å². The van der Waals surface area contributed by atoms with E-state index in [0.29, 0.717) is 19.6 Å². The van der Waals surface area contributed by atoms with Gasteiger partial charge < -0.3 is 4.90 Å². The molecule has 0 aromatic rings. The number of hydrogen-bond donors (Lipinski definition) is 0. The molecule has 1 aliphatic heterocycles. The molecular weight excluding hydrogens is 233 g/mol. The Balaban J connectivity index is 1.78. The summed E-state index contributed by atoms with van der Waals surface area (Å²) < 4.78 is 37.4. The van der Waals surface area contributed by atoms with Crippen LogP contribution in [0.25, 0.3) is 0 Å². The predicted molar refractivity (Wildman–Crippen MR) is 57.5 cm³/mol. The van der Waals surface area contributed by atoms with E-state index in [1.165, 1.54) is 0 Å². The highest BCUT2D eigenvalue weighted by atomic mass is 19.4. The summed E-state index contributed by atoms with van der Waals surface area (Å²) in [6.45, 7) is 2.03. The van der Waals surface area contributed by atoms with Gasteiger partial charge in [-0.25, -0.2) is 0 Å². The molecule has 0 amide bonds. The zero-order chi connectivity index (χ0) is 12.5. The second kappa shape index (κ2) is 4.55. The SMILES string of the molecule is O=NCC1(CN2CCC(C(F)(F)F)CC2)CC1. The summed E-state index contributed by atoms with van der Waals surface area (Å²) in [6, 6.07) is 0. The molecule has 0 aromatic heterocycles. The van der Waals surface area contributed by atoms with Gasteiger partial charge in [0.1, 0.15) is 0 Å². The van der Waals surface area contributed by atoms with Crippen molar-refractivity contribution in [3.8, 4) is 0 Å². The van der Waals surface area contributed by atoms with Crippen LogP contribution in [0, 0.1) is 16.2 Å².